The maximum atomic E-state index is 12.1. The second-order valence-corrected chi connectivity index (χ2v) is 6.43. The molecule has 28 heavy (non-hydrogen) atoms. The number of carbonyl (C=O) groups excluding carboxylic acids is 1. The van der Waals surface area contributed by atoms with Crippen LogP contribution in [-0.4, -0.2) is 29.7 Å². The van der Waals surface area contributed by atoms with Crippen molar-refractivity contribution in [3.05, 3.63) is 60.2 Å². The van der Waals surface area contributed by atoms with Crippen LogP contribution in [-0.2, 0) is 11.4 Å². The maximum Gasteiger partial charge on any atom is 0.326 e. The molecule has 0 aliphatic carbocycles. The molecule has 0 bridgehead atoms. The molecule has 0 fully saturated rings. The van der Waals surface area contributed by atoms with Crippen LogP contribution in [0.2, 0.25) is 0 Å². The van der Waals surface area contributed by atoms with Crippen molar-refractivity contribution in [2.75, 3.05) is 11.9 Å². The Kier molecular flexibility index (Phi) is 8.81. The van der Waals surface area contributed by atoms with Crippen LogP contribution >= 0.6 is 0 Å². The molecule has 7 nitrogen and oxygen atoms in total. The largest absolute Gasteiger partial charge is 0.489 e. The van der Waals surface area contributed by atoms with Crippen molar-refractivity contribution < 1.29 is 19.4 Å². The number of carbonyl (C=O) groups is 2. The number of aliphatic carboxylic acids is 1. The summed E-state index contributed by atoms with van der Waals surface area (Å²) >= 11 is 0. The summed E-state index contributed by atoms with van der Waals surface area (Å²) in [6.45, 7) is 1.04. The van der Waals surface area contributed by atoms with Crippen LogP contribution in [0.15, 0.2) is 54.6 Å². The number of carboxylic acid groups (broad SMARTS) is 1. The highest BCUT2D eigenvalue weighted by Crippen LogP contribution is 2.17. The summed E-state index contributed by atoms with van der Waals surface area (Å²) in [5, 5.41) is 14.4. The van der Waals surface area contributed by atoms with Crippen LogP contribution in [0.3, 0.4) is 0 Å². The molecular formula is C21H27N3O4. The molecule has 0 aliphatic rings. The Balaban J connectivity index is 1.79. The van der Waals surface area contributed by atoms with Crippen molar-refractivity contribution in [1.29, 1.82) is 0 Å². The molecule has 0 spiro atoms. The van der Waals surface area contributed by atoms with Crippen LogP contribution < -0.4 is 21.1 Å². The third-order valence-electron chi connectivity index (χ3n) is 4.16. The van der Waals surface area contributed by atoms with E-state index in [0.717, 1.165) is 18.4 Å². The first-order chi connectivity index (χ1) is 13.6. The van der Waals surface area contributed by atoms with E-state index in [1.807, 2.05) is 30.3 Å². The average molecular weight is 385 g/mol. The Morgan fingerprint density at radius 2 is 1.71 bits per heavy atom. The zero-order valence-electron chi connectivity index (χ0n) is 15.8. The number of nitrogens with one attached hydrogen (secondary N) is 2. The minimum absolute atomic E-state index is 0.370. The van der Waals surface area contributed by atoms with Crippen LogP contribution in [0.4, 0.5) is 10.5 Å². The molecule has 0 saturated carbocycles. The molecule has 0 heterocycles. The molecule has 7 heteroatoms. The van der Waals surface area contributed by atoms with Crippen molar-refractivity contribution >= 4 is 17.7 Å². The van der Waals surface area contributed by atoms with E-state index >= 15 is 0 Å². The van der Waals surface area contributed by atoms with Crippen LogP contribution in [0.1, 0.15) is 31.2 Å². The fourth-order valence-corrected chi connectivity index (χ4v) is 2.63. The summed E-state index contributed by atoms with van der Waals surface area (Å²) in [7, 11) is 0. The first kappa shape index (κ1) is 21.2. The predicted octanol–water partition coefficient (Wildman–Crippen LogP) is 3.36. The van der Waals surface area contributed by atoms with E-state index in [0.29, 0.717) is 37.4 Å². The lowest BCUT2D eigenvalue weighted by atomic mass is 10.1. The van der Waals surface area contributed by atoms with Gasteiger partial charge in [0.1, 0.15) is 18.4 Å². The van der Waals surface area contributed by atoms with Crippen molar-refractivity contribution in [2.24, 2.45) is 5.73 Å². The van der Waals surface area contributed by atoms with Crippen molar-refractivity contribution in [1.82, 2.24) is 5.32 Å². The van der Waals surface area contributed by atoms with Gasteiger partial charge in [-0.05, 0) is 49.2 Å². The molecule has 0 radical (unpaired) electrons. The van der Waals surface area contributed by atoms with Crippen LogP contribution in [0.25, 0.3) is 0 Å². The summed E-state index contributed by atoms with van der Waals surface area (Å²) in [6.07, 6.45) is 2.75. The molecule has 5 N–H and O–H groups in total. The number of hydrogen-bond acceptors (Lipinski definition) is 4. The van der Waals surface area contributed by atoms with Crippen molar-refractivity contribution in [3.63, 3.8) is 0 Å². The van der Waals surface area contributed by atoms with Gasteiger partial charge in [0.25, 0.3) is 0 Å². The van der Waals surface area contributed by atoms with Gasteiger partial charge >= 0.3 is 12.0 Å². The summed E-state index contributed by atoms with van der Waals surface area (Å²) in [5.74, 6) is -0.370. The van der Waals surface area contributed by atoms with Crippen molar-refractivity contribution in [2.45, 2.75) is 38.3 Å². The van der Waals surface area contributed by atoms with Gasteiger partial charge in [-0.15, -0.1) is 0 Å². The summed E-state index contributed by atoms with van der Waals surface area (Å²) in [4.78, 5) is 23.4. The Bertz CT molecular complexity index is 735. The Labute approximate surface area is 164 Å². The lowest BCUT2D eigenvalue weighted by Gasteiger charge is -2.15. The predicted molar refractivity (Wildman–Crippen MR) is 108 cm³/mol. The SMILES string of the molecule is NCCCCCC(NC(=O)Nc1ccc(OCc2ccccc2)cc1)C(=O)O. The molecule has 2 rings (SSSR count). The second kappa shape index (κ2) is 11.6. The minimum atomic E-state index is -1.05. The average Bonchev–Trinajstić information content (AvgIpc) is 2.70. The van der Waals surface area contributed by atoms with Gasteiger partial charge < -0.3 is 26.2 Å². The van der Waals surface area contributed by atoms with Crippen LogP contribution in [0.5, 0.6) is 5.75 Å². The highest BCUT2D eigenvalue weighted by molar-refractivity contribution is 5.92. The Hall–Kier alpha value is -3.06. The molecule has 2 amide bonds. The summed E-state index contributed by atoms with van der Waals surface area (Å²) in [6, 6.07) is 15.2. The van der Waals surface area contributed by atoms with Gasteiger partial charge in [0.2, 0.25) is 0 Å². The third-order valence-corrected chi connectivity index (χ3v) is 4.16. The van der Waals surface area contributed by atoms with E-state index in [2.05, 4.69) is 10.6 Å². The first-order valence-electron chi connectivity index (χ1n) is 9.35. The number of amides is 2. The molecule has 2 aromatic carbocycles. The number of nitrogens with two attached hydrogens (primary N) is 1. The fraction of sp³-hybridized carbons (Fsp3) is 0.333. The number of carboxylic acids is 1. The number of urea groups is 1. The third kappa shape index (κ3) is 7.67. The topological polar surface area (TPSA) is 114 Å². The standard InChI is InChI=1S/C21H27N3O4/c22-14-6-2-5-9-19(20(25)26)24-21(27)23-17-10-12-18(13-11-17)28-15-16-7-3-1-4-8-16/h1,3-4,7-8,10-13,19H,2,5-6,9,14-15,22H2,(H,25,26)(H2,23,24,27). The molecule has 150 valence electrons. The van der Waals surface area contributed by atoms with Gasteiger partial charge in [0, 0.05) is 5.69 Å². The molecular weight excluding hydrogens is 358 g/mol. The highest BCUT2D eigenvalue weighted by atomic mass is 16.5. The fourth-order valence-electron chi connectivity index (χ4n) is 2.63. The van der Waals surface area contributed by atoms with Gasteiger partial charge in [0.15, 0.2) is 0 Å². The monoisotopic (exact) mass is 385 g/mol. The quantitative estimate of drug-likeness (QED) is 0.443. The van der Waals surface area contributed by atoms with E-state index < -0.39 is 18.0 Å². The summed E-state index contributed by atoms with van der Waals surface area (Å²) < 4.78 is 5.70. The van der Waals surface area contributed by atoms with Gasteiger partial charge in [-0.1, -0.05) is 43.2 Å². The number of ether oxygens (including phenoxy) is 1. The van der Waals surface area contributed by atoms with Crippen LogP contribution in [0, 0.1) is 0 Å². The van der Waals surface area contributed by atoms with E-state index in [9.17, 15) is 14.7 Å². The lowest BCUT2D eigenvalue weighted by Crippen LogP contribution is -2.43. The number of rotatable bonds is 11. The van der Waals surface area contributed by atoms with Gasteiger partial charge in [-0.25, -0.2) is 9.59 Å². The summed E-state index contributed by atoms with van der Waals surface area (Å²) in [5.41, 5.74) is 7.04. The Morgan fingerprint density at radius 1 is 1.00 bits per heavy atom. The van der Waals surface area contributed by atoms with Gasteiger partial charge in [-0.3, -0.25) is 0 Å². The van der Waals surface area contributed by atoms with Crippen molar-refractivity contribution in [3.8, 4) is 5.75 Å². The van der Waals surface area contributed by atoms with Gasteiger partial charge in [0.05, 0.1) is 0 Å². The number of unbranched alkanes of at least 4 members (excludes halogenated alkanes) is 2. The highest BCUT2D eigenvalue weighted by Gasteiger charge is 2.19. The Morgan fingerprint density at radius 3 is 2.36 bits per heavy atom. The normalized spacial score (nSPS) is 11.5. The van der Waals surface area contributed by atoms with E-state index in [-0.39, 0.29) is 0 Å². The maximum absolute atomic E-state index is 12.1. The second-order valence-electron chi connectivity index (χ2n) is 6.43. The smallest absolute Gasteiger partial charge is 0.326 e. The van der Waals surface area contributed by atoms with E-state index in [1.165, 1.54) is 0 Å². The molecule has 1 atom stereocenters. The first-order valence-corrected chi connectivity index (χ1v) is 9.35. The minimum Gasteiger partial charge on any atom is -0.489 e. The molecule has 0 aromatic heterocycles. The van der Waals surface area contributed by atoms with E-state index in [1.54, 1.807) is 24.3 Å². The number of anilines is 1. The molecule has 2 aromatic rings. The van der Waals surface area contributed by atoms with E-state index in [4.69, 9.17) is 10.5 Å². The lowest BCUT2D eigenvalue weighted by molar-refractivity contribution is -0.139. The number of hydrogen-bond donors (Lipinski definition) is 4. The van der Waals surface area contributed by atoms with Gasteiger partial charge in [-0.2, -0.15) is 0 Å². The molecule has 0 saturated heterocycles. The number of benzene rings is 2. The zero-order valence-corrected chi connectivity index (χ0v) is 15.8. The molecule has 0 aliphatic heterocycles. The molecule has 1 unspecified atom stereocenters. The zero-order chi connectivity index (χ0) is 20.2.